The van der Waals surface area contributed by atoms with Gasteiger partial charge in [-0.05, 0) is 62.7 Å². The quantitative estimate of drug-likeness (QED) is 0.390. The predicted octanol–water partition coefficient (Wildman–Crippen LogP) is 5.06. The van der Waals surface area contributed by atoms with Crippen LogP contribution in [0.4, 0.5) is 0 Å². The maximum atomic E-state index is 12.8. The molecule has 0 bridgehead atoms. The number of hydrogen-bond donors (Lipinski definition) is 0. The zero-order valence-electron chi connectivity index (χ0n) is 18.4. The van der Waals surface area contributed by atoms with Crippen LogP contribution in [-0.2, 0) is 11.3 Å². The molecule has 0 fully saturated rings. The van der Waals surface area contributed by atoms with Crippen molar-refractivity contribution in [2.75, 3.05) is 26.4 Å². The Kier molecular flexibility index (Phi) is 8.67. The summed E-state index contributed by atoms with van der Waals surface area (Å²) in [6.45, 7) is 9.16. The molecule has 0 saturated heterocycles. The molecule has 0 aliphatic heterocycles. The maximum Gasteiger partial charge on any atom is 0.279 e. The fourth-order valence-electron chi connectivity index (χ4n) is 3.09. The average Bonchev–Trinajstić information content (AvgIpc) is 3.11. The molecular weight excluding hydrogens is 412 g/mol. The number of benzene rings is 2. The first-order valence-electron chi connectivity index (χ1n) is 10.8. The smallest absolute Gasteiger partial charge is 0.279 e. The number of ether oxygens (including phenoxy) is 3. The lowest BCUT2D eigenvalue weighted by Crippen LogP contribution is -2.19. The highest BCUT2D eigenvalue weighted by atomic mass is 32.1. The Morgan fingerprint density at radius 3 is 2.45 bits per heavy atom. The summed E-state index contributed by atoms with van der Waals surface area (Å²) >= 11 is 1.48. The molecule has 0 saturated carbocycles. The minimum absolute atomic E-state index is 0.276. The van der Waals surface area contributed by atoms with Gasteiger partial charge in [0.25, 0.3) is 5.91 Å². The standard InChI is InChI=1S/C24H30N2O4S/c1-4-7-15-30-19-10-8-18(9-11-19)23(27)25-24-26(14-16-28-5-2)21-13-12-20(29-6-3)17-22(21)31-24/h8-13,17H,4-7,14-16H2,1-3H3. The second-order valence-electron chi connectivity index (χ2n) is 6.94. The normalized spacial score (nSPS) is 11.8. The fourth-order valence-corrected chi connectivity index (χ4v) is 4.17. The van der Waals surface area contributed by atoms with E-state index in [-0.39, 0.29) is 5.91 Å². The van der Waals surface area contributed by atoms with Crippen molar-refractivity contribution in [3.8, 4) is 11.5 Å². The molecule has 0 spiro atoms. The van der Waals surface area contributed by atoms with Crippen LogP contribution in [0.15, 0.2) is 47.5 Å². The Balaban J connectivity index is 1.89. The minimum atomic E-state index is -0.276. The molecule has 1 aromatic heterocycles. The van der Waals surface area contributed by atoms with Crippen LogP contribution in [0.3, 0.4) is 0 Å². The van der Waals surface area contributed by atoms with E-state index in [0.717, 1.165) is 34.6 Å². The predicted molar refractivity (Wildman–Crippen MR) is 124 cm³/mol. The van der Waals surface area contributed by atoms with Gasteiger partial charge in [0.2, 0.25) is 0 Å². The molecule has 3 aromatic rings. The first-order chi connectivity index (χ1) is 15.2. The van der Waals surface area contributed by atoms with E-state index >= 15 is 0 Å². The molecule has 0 aliphatic rings. The van der Waals surface area contributed by atoms with Crippen LogP contribution in [0.2, 0.25) is 0 Å². The topological polar surface area (TPSA) is 62.0 Å². The molecule has 7 heteroatoms. The number of unbranched alkanes of at least 4 members (excludes halogenated alkanes) is 1. The highest BCUT2D eigenvalue weighted by Gasteiger charge is 2.11. The molecule has 0 N–H and O–H groups in total. The van der Waals surface area contributed by atoms with Crippen LogP contribution < -0.4 is 14.3 Å². The van der Waals surface area contributed by atoms with E-state index in [1.54, 1.807) is 12.1 Å². The molecule has 0 radical (unpaired) electrons. The van der Waals surface area contributed by atoms with Crippen molar-refractivity contribution in [3.05, 3.63) is 52.8 Å². The van der Waals surface area contributed by atoms with Gasteiger partial charge < -0.3 is 18.8 Å². The molecule has 166 valence electrons. The number of amides is 1. The molecule has 0 atom stereocenters. The van der Waals surface area contributed by atoms with Gasteiger partial charge in [0.05, 0.1) is 30.0 Å². The summed E-state index contributed by atoms with van der Waals surface area (Å²) in [5, 5.41) is 0. The maximum absolute atomic E-state index is 12.8. The first-order valence-corrected chi connectivity index (χ1v) is 11.6. The van der Waals surface area contributed by atoms with Gasteiger partial charge in [-0.1, -0.05) is 24.7 Å². The third-order valence-electron chi connectivity index (χ3n) is 4.69. The Morgan fingerprint density at radius 1 is 0.968 bits per heavy atom. The van der Waals surface area contributed by atoms with Crippen LogP contribution >= 0.6 is 11.3 Å². The van der Waals surface area contributed by atoms with Crippen molar-refractivity contribution in [3.63, 3.8) is 0 Å². The lowest BCUT2D eigenvalue weighted by atomic mass is 10.2. The fraction of sp³-hybridized carbons (Fsp3) is 0.417. The number of hydrogen-bond acceptors (Lipinski definition) is 5. The molecule has 0 aliphatic carbocycles. The number of thiazole rings is 1. The zero-order chi connectivity index (χ0) is 22.1. The van der Waals surface area contributed by atoms with Crippen LogP contribution in [0.1, 0.15) is 44.0 Å². The van der Waals surface area contributed by atoms with E-state index in [4.69, 9.17) is 14.2 Å². The first kappa shape index (κ1) is 23.0. The van der Waals surface area contributed by atoms with Crippen LogP contribution in [0.25, 0.3) is 10.2 Å². The molecule has 1 amide bonds. The van der Waals surface area contributed by atoms with Gasteiger partial charge in [0, 0.05) is 18.7 Å². The van der Waals surface area contributed by atoms with Crippen LogP contribution in [0, 0.1) is 0 Å². The van der Waals surface area contributed by atoms with Crippen molar-refractivity contribution >= 4 is 27.5 Å². The van der Waals surface area contributed by atoms with E-state index in [0.29, 0.717) is 43.3 Å². The molecular formula is C24H30N2O4S. The molecule has 0 unspecified atom stereocenters. The summed E-state index contributed by atoms with van der Waals surface area (Å²) < 4.78 is 19.9. The van der Waals surface area contributed by atoms with E-state index < -0.39 is 0 Å². The minimum Gasteiger partial charge on any atom is -0.494 e. The van der Waals surface area contributed by atoms with Crippen LogP contribution in [-0.4, -0.2) is 36.9 Å². The zero-order valence-corrected chi connectivity index (χ0v) is 19.2. The van der Waals surface area contributed by atoms with E-state index in [2.05, 4.69) is 11.9 Å². The van der Waals surface area contributed by atoms with E-state index in [1.807, 2.05) is 48.7 Å². The second kappa shape index (κ2) is 11.7. The second-order valence-corrected chi connectivity index (χ2v) is 7.95. The van der Waals surface area contributed by atoms with Crippen molar-refractivity contribution in [1.82, 2.24) is 4.57 Å². The number of carbonyl (C=O) groups excluding carboxylic acids is 1. The van der Waals surface area contributed by atoms with Gasteiger partial charge in [-0.2, -0.15) is 4.99 Å². The summed E-state index contributed by atoms with van der Waals surface area (Å²) in [6, 6.07) is 13.1. The lowest BCUT2D eigenvalue weighted by Gasteiger charge is -2.07. The van der Waals surface area contributed by atoms with Gasteiger partial charge in [-0.3, -0.25) is 4.79 Å². The van der Waals surface area contributed by atoms with Crippen molar-refractivity contribution < 1.29 is 19.0 Å². The van der Waals surface area contributed by atoms with E-state index in [9.17, 15) is 4.79 Å². The van der Waals surface area contributed by atoms with Crippen molar-refractivity contribution in [2.45, 2.75) is 40.2 Å². The van der Waals surface area contributed by atoms with Crippen molar-refractivity contribution in [2.24, 2.45) is 4.99 Å². The monoisotopic (exact) mass is 442 g/mol. The van der Waals surface area contributed by atoms with Gasteiger partial charge in [-0.15, -0.1) is 0 Å². The van der Waals surface area contributed by atoms with Gasteiger partial charge in [0.15, 0.2) is 4.80 Å². The average molecular weight is 443 g/mol. The SMILES string of the molecule is CCCCOc1ccc(C(=O)N=c2sc3cc(OCC)ccc3n2CCOCC)cc1. The Bertz CT molecular complexity index is 1050. The highest BCUT2D eigenvalue weighted by molar-refractivity contribution is 7.16. The van der Waals surface area contributed by atoms with Crippen molar-refractivity contribution in [1.29, 1.82) is 0 Å². The highest BCUT2D eigenvalue weighted by Crippen LogP contribution is 2.23. The van der Waals surface area contributed by atoms with Crippen LogP contribution in [0.5, 0.6) is 11.5 Å². The Hall–Kier alpha value is -2.64. The number of aromatic nitrogens is 1. The number of rotatable bonds is 11. The summed E-state index contributed by atoms with van der Waals surface area (Å²) in [4.78, 5) is 17.9. The lowest BCUT2D eigenvalue weighted by molar-refractivity contribution is 0.0996. The molecule has 6 nitrogen and oxygen atoms in total. The number of carbonyl (C=O) groups is 1. The molecule has 1 heterocycles. The molecule has 2 aromatic carbocycles. The number of nitrogens with zero attached hydrogens (tertiary/aromatic N) is 2. The largest absolute Gasteiger partial charge is 0.494 e. The summed E-state index contributed by atoms with van der Waals surface area (Å²) in [5.74, 6) is 1.30. The van der Waals surface area contributed by atoms with Gasteiger partial charge >= 0.3 is 0 Å². The Labute approximate surface area is 187 Å². The van der Waals surface area contributed by atoms with Gasteiger partial charge in [-0.25, -0.2) is 0 Å². The third kappa shape index (κ3) is 6.18. The van der Waals surface area contributed by atoms with Gasteiger partial charge in [0.1, 0.15) is 11.5 Å². The molecule has 3 rings (SSSR count). The molecule has 31 heavy (non-hydrogen) atoms. The summed E-state index contributed by atoms with van der Waals surface area (Å²) in [7, 11) is 0. The number of fused-ring (bicyclic) bond motifs is 1. The summed E-state index contributed by atoms with van der Waals surface area (Å²) in [5.41, 5.74) is 1.55. The summed E-state index contributed by atoms with van der Waals surface area (Å²) in [6.07, 6.45) is 2.09. The van der Waals surface area contributed by atoms with E-state index in [1.165, 1.54) is 11.3 Å². The Morgan fingerprint density at radius 2 is 1.74 bits per heavy atom. The third-order valence-corrected chi connectivity index (χ3v) is 5.73.